The number of amides is 1. The Morgan fingerprint density at radius 3 is 2.78 bits per heavy atom. The molecular weight excluding hydrogens is 360 g/mol. The van der Waals surface area contributed by atoms with E-state index in [1.54, 1.807) is 17.7 Å². The summed E-state index contributed by atoms with van der Waals surface area (Å²) in [5, 5.41) is 3.47. The molecule has 1 amide bonds. The van der Waals surface area contributed by atoms with Crippen LogP contribution in [0.5, 0.6) is 0 Å². The summed E-state index contributed by atoms with van der Waals surface area (Å²) in [6, 6.07) is 8.00. The Balaban J connectivity index is 1.37. The Kier molecular flexibility index (Phi) is 4.89. The van der Waals surface area contributed by atoms with Crippen molar-refractivity contribution < 1.29 is 4.79 Å². The van der Waals surface area contributed by atoms with E-state index in [1.807, 2.05) is 53.7 Å². The Labute approximate surface area is 162 Å². The van der Waals surface area contributed by atoms with Gasteiger partial charge in [-0.3, -0.25) is 4.79 Å². The van der Waals surface area contributed by atoms with Crippen LogP contribution in [0.3, 0.4) is 0 Å². The largest absolute Gasteiger partial charge is 0.367 e. The number of carbonyl (C=O) groups is 1. The highest BCUT2D eigenvalue weighted by Gasteiger charge is 2.24. The molecule has 1 fully saturated rings. The molecule has 4 rings (SSSR count). The molecule has 2 aromatic heterocycles. The Morgan fingerprint density at radius 1 is 1.19 bits per heavy atom. The fraction of sp³-hybridized carbons (Fsp3) is 0.368. The predicted molar refractivity (Wildman–Crippen MR) is 109 cm³/mol. The zero-order valence-corrected chi connectivity index (χ0v) is 16.2. The molecule has 8 heteroatoms. The van der Waals surface area contributed by atoms with Crippen molar-refractivity contribution in [1.82, 2.24) is 19.9 Å². The first kappa shape index (κ1) is 17.7. The molecule has 0 radical (unpaired) electrons. The smallest absolute Gasteiger partial charge is 0.253 e. The second kappa shape index (κ2) is 7.48. The summed E-state index contributed by atoms with van der Waals surface area (Å²) in [6.07, 6.45) is 3.37. The molecule has 0 aliphatic carbocycles. The fourth-order valence-electron chi connectivity index (χ4n) is 3.28. The first-order chi connectivity index (χ1) is 13.1. The lowest BCUT2D eigenvalue weighted by molar-refractivity contribution is 0.0718. The van der Waals surface area contributed by atoms with E-state index in [1.165, 1.54) is 0 Å². The third-order valence-corrected chi connectivity index (χ3v) is 5.61. The average molecular weight is 382 g/mol. The fourth-order valence-corrected chi connectivity index (χ4v) is 3.99. The number of benzene rings is 1. The molecule has 1 aliphatic heterocycles. The van der Waals surface area contributed by atoms with Crippen LogP contribution in [0.15, 0.2) is 36.1 Å². The number of fused-ring (bicyclic) bond motifs is 1. The molecule has 0 spiro atoms. The summed E-state index contributed by atoms with van der Waals surface area (Å²) in [5.41, 5.74) is 3.50. The maximum Gasteiger partial charge on any atom is 0.253 e. The molecule has 1 aliphatic rings. The van der Waals surface area contributed by atoms with Crippen LogP contribution in [0.1, 0.15) is 23.2 Å². The molecule has 1 N–H and O–H groups in total. The Morgan fingerprint density at radius 2 is 2.00 bits per heavy atom. The summed E-state index contributed by atoms with van der Waals surface area (Å²) >= 11 is 1.56. The topological polar surface area (TPSA) is 74.2 Å². The van der Waals surface area contributed by atoms with Gasteiger partial charge >= 0.3 is 0 Å². The van der Waals surface area contributed by atoms with E-state index in [4.69, 9.17) is 0 Å². The van der Waals surface area contributed by atoms with Crippen molar-refractivity contribution >= 4 is 39.1 Å². The van der Waals surface area contributed by atoms with Gasteiger partial charge in [0.05, 0.1) is 15.7 Å². The zero-order chi connectivity index (χ0) is 18.8. The van der Waals surface area contributed by atoms with Crippen LogP contribution in [0.25, 0.3) is 10.2 Å². The van der Waals surface area contributed by atoms with Crippen LogP contribution in [0.4, 0.5) is 11.6 Å². The second-order valence-corrected chi connectivity index (χ2v) is 7.79. The lowest BCUT2D eigenvalue weighted by atomic mass is 10.0. The van der Waals surface area contributed by atoms with E-state index in [0.29, 0.717) is 6.04 Å². The number of nitrogens with zero attached hydrogens (tertiary/aromatic N) is 5. The minimum Gasteiger partial charge on any atom is -0.367 e. The molecule has 3 aromatic rings. The molecule has 0 atom stereocenters. The minimum atomic E-state index is 0.0979. The maximum atomic E-state index is 12.8. The maximum absolute atomic E-state index is 12.8. The second-order valence-electron chi connectivity index (χ2n) is 6.90. The normalized spacial score (nSPS) is 15.1. The van der Waals surface area contributed by atoms with Gasteiger partial charge in [-0.2, -0.15) is 0 Å². The van der Waals surface area contributed by atoms with Crippen molar-refractivity contribution in [1.29, 1.82) is 0 Å². The predicted octanol–water partition coefficient (Wildman–Crippen LogP) is 2.87. The number of hydrogen-bond acceptors (Lipinski definition) is 7. The van der Waals surface area contributed by atoms with Crippen molar-refractivity contribution in [3.05, 3.63) is 41.7 Å². The quantitative estimate of drug-likeness (QED) is 0.748. The highest BCUT2D eigenvalue weighted by Crippen LogP contribution is 2.22. The number of nitrogens with one attached hydrogen (secondary N) is 1. The molecule has 0 unspecified atom stereocenters. The number of piperidine rings is 1. The van der Waals surface area contributed by atoms with Crippen LogP contribution >= 0.6 is 11.3 Å². The van der Waals surface area contributed by atoms with Gasteiger partial charge in [0.25, 0.3) is 5.91 Å². The summed E-state index contributed by atoms with van der Waals surface area (Å²) < 4.78 is 1.05. The van der Waals surface area contributed by atoms with E-state index >= 15 is 0 Å². The van der Waals surface area contributed by atoms with Crippen LogP contribution in [0, 0.1) is 0 Å². The number of thiazole rings is 1. The standard InChI is InChI=1S/C19H22N6OS/c1-24(2)18-10-17(20-11-21-18)23-14-5-7-25(8-6-14)19(26)13-3-4-15-16(9-13)27-12-22-15/h3-4,9-12,14H,5-8H2,1-2H3,(H,20,21,23). The molecule has 0 saturated carbocycles. The molecule has 27 heavy (non-hydrogen) atoms. The van der Waals surface area contributed by atoms with Crippen molar-refractivity contribution in [3.8, 4) is 0 Å². The van der Waals surface area contributed by atoms with E-state index in [-0.39, 0.29) is 5.91 Å². The van der Waals surface area contributed by atoms with Gasteiger partial charge in [0.2, 0.25) is 0 Å². The summed E-state index contributed by atoms with van der Waals surface area (Å²) in [4.78, 5) is 29.5. The summed E-state index contributed by atoms with van der Waals surface area (Å²) in [7, 11) is 3.92. The van der Waals surface area contributed by atoms with Gasteiger partial charge in [-0.1, -0.05) is 0 Å². The van der Waals surface area contributed by atoms with Gasteiger partial charge < -0.3 is 15.1 Å². The van der Waals surface area contributed by atoms with Crippen LogP contribution in [0.2, 0.25) is 0 Å². The van der Waals surface area contributed by atoms with Gasteiger partial charge in [0.15, 0.2) is 0 Å². The van der Waals surface area contributed by atoms with Crippen molar-refractivity contribution in [2.45, 2.75) is 18.9 Å². The molecule has 7 nitrogen and oxygen atoms in total. The van der Waals surface area contributed by atoms with Gasteiger partial charge in [0, 0.05) is 44.9 Å². The first-order valence-corrected chi connectivity index (χ1v) is 9.86. The van der Waals surface area contributed by atoms with E-state index < -0.39 is 0 Å². The van der Waals surface area contributed by atoms with Crippen LogP contribution in [-0.4, -0.2) is 59.0 Å². The van der Waals surface area contributed by atoms with E-state index in [2.05, 4.69) is 20.3 Å². The minimum absolute atomic E-state index is 0.0979. The molecule has 140 valence electrons. The van der Waals surface area contributed by atoms with Gasteiger partial charge in [-0.05, 0) is 31.0 Å². The lowest BCUT2D eigenvalue weighted by Gasteiger charge is -2.32. The first-order valence-electron chi connectivity index (χ1n) is 8.98. The van der Waals surface area contributed by atoms with Crippen LogP contribution in [-0.2, 0) is 0 Å². The molecule has 3 heterocycles. The van der Waals surface area contributed by atoms with Gasteiger partial charge in [0.1, 0.15) is 18.0 Å². The zero-order valence-electron chi connectivity index (χ0n) is 15.4. The number of likely N-dealkylation sites (tertiary alicyclic amines) is 1. The molecular formula is C19H22N6OS. The SMILES string of the molecule is CN(C)c1cc(NC2CCN(C(=O)c3ccc4ncsc4c3)CC2)ncn1. The molecule has 1 aromatic carbocycles. The van der Waals surface area contributed by atoms with E-state index in [0.717, 1.165) is 53.3 Å². The van der Waals surface area contributed by atoms with Crippen molar-refractivity contribution in [2.24, 2.45) is 0 Å². The number of carbonyl (C=O) groups excluding carboxylic acids is 1. The van der Waals surface area contributed by atoms with E-state index in [9.17, 15) is 4.79 Å². The van der Waals surface area contributed by atoms with Gasteiger partial charge in [-0.15, -0.1) is 11.3 Å². The number of rotatable bonds is 4. The highest BCUT2D eigenvalue weighted by molar-refractivity contribution is 7.16. The third-order valence-electron chi connectivity index (χ3n) is 4.82. The number of hydrogen-bond donors (Lipinski definition) is 1. The van der Waals surface area contributed by atoms with Gasteiger partial charge in [-0.25, -0.2) is 15.0 Å². The highest BCUT2D eigenvalue weighted by atomic mass is 32.1. The Hall–Kier alpha value is -2.74. The monoisotopic (exact) mass is 382 g/mol. The Bertz CT molecular complexity index is 948. The summed E-state index contributed by atoms with van der Waals surface area (Å²) in [6.45, 7) is 1.48. The van der Waals surface area contributed by atoms with Crippen LogP contribution < -0.4 is 10.2 Å². The summed E-state index contributed by atoms with van der Waals surface area (Å²) in [5.74, 6) is 1.80. The molecule has 1 saturated heterocycles. The third kappa shape index (κ3) is 3.85. The number of anilines is 2. The average Bonchev–Trinajstić information content (AvgIpc) is 3.16. The number of aromatic nitrogens is 3. The molecule has 0 bridgehead atoms. The van der Waals surface area contributed by atoms with Crippen molar-refractivity contribution in [3.63, 3.8) is 0 Å². The lowest BCUT2D eigenvalue weighted by Crippen LogP contribution is -2.42. The van der Waals surface area contributed by atoms with Crippen molar-refractivity contribution in [2.75, 3.05) is 37.4 Å².